The molecule has 0 aliphatic carbocycles. The zero-order chi connectivity index (χ0) is 25.1. The van der Waals surface area contributed by atoms with E-state index in [1.54, 1.807) is 40.9 Å². The van der Waals surface area contributed by atoms with Crippen molar-refractivity contribution >= 4 is 57.7 Å². The van der Waals surface area contributed by atoms with Crippen molar-refractivity contribution in [1.82, 2.24) is 25.1 Å². The van der Waals surface area contributed by atoms with E-state index in [0.29, 0.717) is 24.7 Å². The number of amides is 2. The number of hydrogen-bond acceptors (Lipinski definition) is 7. The van der Waals surface area contributed by atoms with Gasteiger partial charge in [-0.25, -0.2) is 14.6 Å². The van der Waals surface area contributed by atoms with E-state index >= 15 is 0 Å². The third kappa shape index (κ3) is 5.29. The molecule has 1 unspecified atom stereocenters. The maximum absolute atomic E-state index is 12.8. The fourth-order valence-corrected chi connectivity index (χ4v) is 5.49. The summed E-state index contributed by atoms with van der Waals surface area (Å²) >= 11 is 7.58. The van der Waals surface area contributed by atoms with E-state index in [1.807, 2.05) is 10.9 Å². The average Bonchev–Trinajstić information content (AvgIpc) is 3.48. The Balaban J connectivity index is 1.24. The van der Waals surface area contributed by atoms with Crippen LogP contribution in [-0.4, -0.2) is 63.5 Å². The molecule has 1 atom stereocenters. The van der Waals surface area contributed by atoms with E-state index < -0.39 is 0 Å². The number of fused-ring (bicyclic) bond motifs is 1. The fourth-order valence-electron chi connectivity index (χ4n) is 4.81. The molecular weight excluding hydrogens is 498 g/mol. The predicted octanol–water partition coefficient (Wildman–Crippen LogP) is 3.75. The highest BCUT2D eigenvalue weighted by Crippen LogP contribution is 2.29. The number of anilines is 2. The lowest BCUT2D eigenvalue weighted by Gasteiger charge is -2.28. The molecule has 2 saturated heterocycles. The summed E-state index contributed by atoms with van der Waals surface area (Å²) in [5.74, 6) is 1.28. The molecule has 9 nitrogen and oxygen atoms in total. The summed E-state index contributed by atoms with van der Waals surface area (Å²) in [6.45, 7) is 5.34. The second kappa shape index (κ2) is 11.0. The molecule has 2 aromatic heterocycles. The van der Waals surface area contributed by atoms with Crippen LogP contribution < -0.4 is 15.1 Å². The maximum Gasteiger partial charge on any atom is 0.227 e. The zero-order valence-electron chi connectivity index (χ0n) is 20.3. The van der Waals surface area contributed by atoms with Crippen LogP contribution in [0.2, 0.25) is 5.02 Å². The topological polar surface area (TPSA) is 96.2 Å². The van der Waals surface area contributed by atoms with Gasteiger partial charge in [-0.1, -0.05) is 30.3 Å². The third-order valence-electron chi connectivity index (χ3n) is 6.64. The van der Waals surface area contributed by atoms with Crippen molar-refractivity contribution in [2.24, 2.45) is 5.92 Å². The zero-order valence-corrected chi connectivity index (χ0v) is 21.9. The Morgan fingerprint density at radius 1 is 1.17 bits per heavy atom. The number of piperidine rings is 1. The molecule has 3 aromatic rings. The number of thioether (sulfide) groups is 1. The van der Waals surface area contributed by atoms with Crippen molar-refractivity contribution in [2.45, 2.75) is 44.3 Å². The Morgan fingerprint density at radius 2 is 1.94 bits per heavy atom. The SMILES string of the molecule is CCSc1nc(N2CCCCC2)c2cnn(CCNC(=O)C3CC(=O)N(c4ccc(Cl)cc4)C3)c2n1. The van der Waals surface area contributed by atoms with Gasteiger partial charge in [0.2, 0.25) is 11.8 Å². The van der Waals surface area contributed by atoms with Gasteiger partial charge in [0, 0.05) is 43.3 Å². The van der Waals surface area contributed by atoms with Gasteiger partial charge in [-0.2, -0.15) is 5.10 Å². The summed E-state index contributed by atoms with van der Waals surface area (Å²) in [7, 11) is 0. The summed E-state index contributed by atoms with van der Waals surface area (Å²) in [5, 5.41) is 9.87. The number of aromatic nitrogens is 4. The summed E-state index contributed by atoms with van der Waals surface area (Å²) < 4.78 is 1.84. The summed E-state index contributed by atoms with van der Waals surface area (Å²) in [4.78, 5) is 38.9. The number of nitrogens with zero attached hydrogens (tertiary/aromatic N) is 6. The van der Waals surface area contributed by atoms with E-state index in [1.165, 1.54) is 19.3 Å². The van der Waals surface area contributed by atoms with Gasteiger partial charge in [0.25, 0.3) is 0 Å². The van der Waals surface area contributed by atoms with Crippen LogP contribution in [0.1, 0.15) is 32.6 Å². The number of nitrogens with one attached hydrogen (secondary N) is 1. The first-order chi connectivity index (χ1) is 17.5. The fraction of sp³-hybridized carbons (Fsp3) is 0.480. The Morgan fingerprint density at radius 3 is 2.69 bits per heavy atom. The lowest BCUT2D eigenvalue weighted by atomic mass is 10.1. The molecule has 1 N–H and O–H groups in total. The lowest BCUT2D eigenvalue weighted by molar-refractivity contribution is -0.126. The van der Waals surface area contributed by atoms with Crippen LogP contribution in [0.4, 0.5) is 11.5 Å². The molecule has 2 aliphatic heterocycles. The molecule has 4 heterocycles. The summed E-state index contributed by atoms with van der Waals surface area (Å²) in [6, 6.07) is 7.09. The molecule has 1 aromatic carbocycles. The molecular formula is C25H30ClN7O2S. The number of carbonyl (C=O) groups excluding carboxylic acids is 2. The van der Waals surface area contributed by atoms with Crippen LogP contribution in [0, 0.1) is 5.92 Å². The minimum absolute atomic E-state index is 0.0570. The summed E-state index contributed by atoms with van der Waals surface area (Å²) in [6.07, 6.45) is 5.62. The molecule has 5 rings (SSSR count). The van der Waals surface area contributed by atoms with Gasteiger partial charge in [0.05, 0.1) is 24.0 Å². The molecule has 2 amide bonds. The Kier molecular flexibility index (Phi) is 7.62. The molecule has 0 bridgehead atoms. The van der Waals surface area contributed by atoms with E-state index in [2.05, 4.69) is 22.2 Å². The smallest absolute Gasteiger partial charge is 0.227 e. The van der Waals surface area contributed by atoms with Crippen LogP contribution in [0.15, 0.2) is 35.6 Å². The van der Waals surface area contributed by atoms with Gasteiger partial charge >= 0.3 is 0 Å². The Labute approximate surface area is 219 Å². The highest BCUT2D eigenvalue weighted by molar-refractivity contribution is 7.99. The van der Waals surface area contributed by atoms with Crippen molar-refractivity contribution in [1.29, 1.82) is 0 Å². The van der Waals surface area contributed by atoms with E-state index in [9.17, 15) is 9.59 Å². The van der Waals surface area contributed by atoms with Gasteiger partial charge in [-0.3, -0.25) is 9.59 Å². The van der Waals surface area contributed by atoms with Crippen molar-refractivity contribution in [3.63, 3.8) is 0 Å². The van der Waals surface area contributed by atoms with Gasteiger partial charge in [0.1, 0.15) is 5.82 Å². The van der Waals surface area contributed by atoms with Crippen LogP contribution in [0.3, 0.4) is 0 Å². The van der Waals surface area contributed by atoms with Crippen molar-refractivity contribution < 1.29 is 9.59 Å². The number of benzene rings is 1. The average molecular weight is 528 g/mol. The van der Waals surface area contributed by atoms with Gasteiger partial charge < -0.3 is 15.1 Å². The Hall–Kier alpha value is -2.85. The molecule has 0 spiro atoms. The summed E-state index contributed by atoms with van der Waals surface area (Å²) in [5.41, 5.74) is 1.55. The predicted molar refractivity (Wildman–Crippen MR) is 143 cm³/mol. The molecule has 190 valence electrons. The van der Waals surface area contributed by atoms with Crippen molar-refractivity contribution in [3.8, 4) is 0 Å². The van der Waals surface area contributed by atoms with Gasteiger partial charge in [-0.05, 0) is 49.3 Å². The minimum Gasteiger partial charge on any atom is -0.356 e. The van der Waals surface area contributed by atoms with Crippen LogP contribution in [0.5, 0.6) is 0 Å². The molecule has 0 radical (unpaired) electrons. The number of rotatable bonds is 8. The molecule has 2 fully saturated rings. The third-order valence-corrected chi connectivity index (χ3v) is 7.62. The minimum atomic E-state index is -0.386. The standard InChI is InChI=1S/C25H30ClN7O2S/c1-2-36-25-29-22(31-11-4-3-5-12-31)20-15-28-33(23(20)30-25)13-10-27-24(35)17-14-21(34)32(16-17)19-8-6-18(26)7-9-19/h6-9,15,17H,2-5,10-14,16H2,1H3,(H,27,35). The number of halogens is 1. The van der Waals surface area contributed by atoms with E-state index in [-0.39, 0.29) is 24.2 Å². The second-order valence-corrected chi connectivity index (χ2v) is 10.8. The first-order valence-electron chi connectivity index (χ1n) is 12.5. The first kappa shape index (κ1) is 24.8. The van der Waals surface area contributed by atoms with E-state index in [4.69, 9.17) is 21.6 Å². The van der Waals surface area contributed by atoms with Crippen molar-refractivity contribution in [2.75, 3.05) is 41.7 Å². The van der Waals surface area contributed by atoms with Crippen LogP contribution in [0.25, 0.3) is 11.0 Å². The molecule has 36 heavy (non-hydrogen) atoms. The van der Waals surface area contributed by atoms with Crippen LogP contribution in [-0.2, 0) is 16.1 Å². The molecule has 11 heteroatoms. The largest absolute Gasteiger partial charge is 0.356 e. The van der Waals surface area contributed by atoms with Gasteiger partial charge in [-0.15, -0.1) is 0 Å². The molecule has 0 saturated carbocycles. The molecule has 2 aliphatic rings. The highest BCUT2D eigenvalue weighted by Gasteiger charge is 2.35. The second-order valence-electron chi connectivity index (χ2n) is 9.09. The lowest BCUT2D eigenvalue weighted by Crippen LogP contribution is -2.35. The van der Waals surface area contributed by atoms with Crippen LogP contribution >= 0.6 is 23.4 Å². The number of hydrogen-bond donors (Lipinski definition) is 1. The quantitative estimate of drug-likeness (QED) is 0.352. The maximum atomic E-state index is 12.8. The normalized spacial score (nSPS) is 18.3. The van der Waals surface area contributed by atoms with E-state index in [0.717, 1.165) is 46.5 Å². The van der Waals surface area contributed by atoms with Crippen molar-refractivity contribution in [3.05, 3.63) is 35.5 Å². The Bertz CT molecular complexity index is 1240. The number of carbonyl (C=O) groups is 2. The van der Waals surface area contributed by atoms with Gasteiger partial charge in [0.15, 0.2) is 10.8 Å². The first-order valence-corrected chi connectivity index (χ1v) is 13.8. The highest BCUT2D eigenvalue weighted by atomic mass is 35.5. The monoisotopic (exact) mass is 527 g/mol.